The standard InChI is InChI=1S/C22H29N5O/c28-22(25-19-6-7-19)17-8-9-23-20(13-17)26-11-2-5-18(15-26)21-24-10-12-27(21)14-16-3-1-4-16/h8-10,12-13,16,18-19H,1-7,11,14-15H2,(H,25,28). The molecule has 1 saturated heterocycles. The molecule has 2 aliphatic carbocycles. The van der Waals surface area contributed by atoms with Crippen molar-refractivity contribution in [2.45, 2.75) is 63.5 Å². The first kappa shape index (κ1) is 17.7. The van der Waals surface area contributed by atoms with Crippen molar-refractivity contribution in [3.63, 3.8) is 0 Å². The maximum Gasteiger partial charge on any atom is 0.251 e. The minimum absolute atomic E-state index is 0.0238. The topological polar surface area (TPSA) is 63.1 Å². The smallest absolute Gasteiger partial charge is 0.251 e. The summed E-state index contributed by atoms with van der Waals surface area (Å²) < 4.78 is 2.38. The van der Waals surface area contributed by atoms with Crippen LogP contribution in [0.3, 0.4) is 0 Å². The Morgan fingerprint density at radius 3 is 2.79 bits per heavy atom. The van der Waals surface area contributed by atoms with Crippen LogP contribution in [-0.2, 0) is 6.54 Å². The predicted molar refractivity (Wildman–Crippen MR) is 108 cm³/mol. The number of hydrogen-bond acceptors (Lipinski definition) is 4. The molecular formula is C22H29N5O. The number of anilines is 1. The zero-order valence-electron chi connectivity index (χ0n) is 16.4. The minimum Gasteiger partial charge on any atom is -0.356 e. The Balaban J connectivity index is 1.29. The van der Waals surface area contributed by atoms with Crippen LogP contribution in [0.15, 0.2) is 30.7 Å². The zero-order valence-corrected chi connectivity index (χ0v) is 16.4. The molecule has 3 aliphatic rings. The number of nitrogens with one attached hydrogen (secondary N) is 1. The molecule has 0 aromatic carbocycles. The monoisotopic (exact) mass is 379 g/mol. The number of imidazole rings is 1. The van der Waals surface area contributed by atoms with E-state index in [1.54, 1.807) is 6.20 Å². The van der Waals surface area contributed by atoms with Crippen LogP contribution < -0.4 is 10.2 Å². The number of hydrogen-bond donors (Lipinski definition) is 1. The summed E-state index contributed by atoms with van der Waals surface area (Å²) in [6, 6.07) is 4.13. The fourth-order valence-electron chi connectivity index (χ4n) is 4.41. The molecule has 5 rings (SSSR count). The molecule has 0 spiro atoms. The van der Waals surface area contributed by atoms with E-state index < -0.39 is 0 Å². The SMILES string of the molecule is O=C(NC1CC1)c1ccnc(N2CCCC(c3nccn3CC3CCC3)C2)c1. The highest BCUT2D eigenvalue weighted by Crippen LogP contribution is 2.32. The Morgan fingerprint density at radius 1 is 1.11 bits per heavy atom. The Labute approximate surface area is 166 Å². The molecule has 148 valence electrons. The summed E-state index contributed by atoms with van der Waals surface area (Å²) in [5, 5.41) is 3.07. The second-order valence-corrected chi connectivity index (χ2v) is 8.67. The molecule has 6 heteroatoms. The number of carbonyl (C=O) groups is 1. The second-order valence-electron chi connectivity index (χ2n) is 8.67. The largest absolute Gasteiger partial charge is 0.356 e. The van der Waals surface area contributed by atoms with Crippen LogP contribution in [0, 0.1) is 5.92 Å². The second kappa shape index (κ2) is 7.57. The van der Waals surface area contributed by atoms with Crippen molar-refractivity contribution < 1.29 is 4.79 Å². The van der Waals surface area contributed by atoms with E-state index in [9.17, 15) is 4.79 Å². The number of amides is 1. The molecule has 1 aliphatic heterocycles. The van der Waals surface area contributed by atoms with Crippen molar-refractivity contribution >= 4 is 11.7 Å². The van der Waals surface area contributed by atoms with Crippen molar-refractivity contribution in [2.24, 2.45) is 5.92 Å². The van der Waals surface area contributed by atoms with Crippen LogP contribution in [0.25, 0.3) is 0 Å². The fourth-order valence-corrected chi connectivity index (χ4v) is 4.41. The number of pyridine rings is 1. The van der Waals surface area contributed by atoms with Gasteiger partial charge in [0.25, 0.3) is 5.91 Å². The molecule has 1 amide bonds. The summed E-state index contributed by atoms with van der Waals surface area (Å²) in [5.41, 5.74) is 0.713. The van der Waals surface area contributed by atoms with Crippen LogP contribution in [0.2, 0.25) is 0 Å². The normalized spacial score (nSPS) is 22.7. The third-order valence-electron chi connectivity index (χ3n) is 6.46. The molecule has 3 heterocycles. The summed E-state index contributed by atoms with van der Waals surface area (Å²) in [4.78, 5) is 24.0. The maximum absolute atomic E-state index is 12.4. The summed E-state index contributed by atoms with van der Waals surface area (Å²) in [6.07, 6.45) is 14.4. The lowest BCUT2D eigenvalue weighted by molar-refractivity contribution is 0.0951. The summed E-state index contributed by atoms with van der Waals surface area (Å²) in [5.74, 6) is 3.41. The molecule has 2 saturated carbocycles. The highest BCUT2D eigenvalue weighted by atomic mass is 16.1. The van der Waals surface area contributed by atoms with Gasteiger partial charge in [0.2, 0.25) is 0 Å². The van der Waals surface area contributed by atoms with Crippen molar-refractivity contribution in [3.8, 4) is 0 Å². The molecule has 6 nitrogen and oxygen atoms in total. The minimum atomic E-state index is 0.0238. The van der Waals surface area contributed by atoms with Crippen molar-refractivity contribution in [1.82, 2.24) is 19.9 Å². The average molecular weight is 380 g/mol. The molecular weight excluding hydrogens is 350 g/mol. The summed E-state index contributed by atoms with van der Waals surface area (Å²) >= 11 is 0. The maximum atomic E-state index is 12.4. The average Bonchev–Trinajstić information content (AvgIpc) is 3.38. The Morgan fingerprint density at radius 2 is 2.00 bits per heavy atom. The highest BCUT2D eigenvalue weighted by Gasteiger charge is 2.28. The quantitative estimate of drug-likeness (QED) is 0.836. The summed E-state index contributed by atoms with van der Waals surface area (Å²) in [6.45, 7) is 3.02. The van der Waals surface area contributed by atoms with Gasteiger partial charge >= 0.3 is 0 Å². The summed E-state index contributed by atoms with van der Waals surface area (Å²) in [7, 11) is 0. The van der Waals surface area contributed by atoms with Gasteiger partial charge in [-0.3, -0.25) is 4.79 Å². The highest BCUT2D eigenvalue weighted by molar-refractivity contribution is 5.95. The van der Waals surface area contributed by atoms with Gasteiger partial charge in [-0.1, -0.05) is 6.42 Å². The van der Waals surface area contributed by atoms with Gasteiger partial charge in [0, 0.05) is 55.7 Å². The molecule has 0 bridgehead atoms. The van der Waals surface area contributed by atoms with E-state index >= 15 is 0 Å². The van der Waals surface area contributed by atoms with Gasteiger partial charge in [-0.2, -0.15) is 0 Å². The van der Waals surface area contributed by atoms with E-state index in [1.165, 1.54) is 31.5 Å². The lowest BCUT2D eigenvalue weighted by Crippen LogP contribution is -2.36. The number of rotatable bonds is 6. The van der Waals surface area contributed by atoms with Gasteiger partial charge in [-0.05, 0) is 56.6 Å². The molecule has 1 atom stereocenters. The van der Waals surface area contributed by atoms with Gasteiger partial charge in [-0.25, -0.2) is 9.97 Å². The number of carbonyl (C=O) groups excluding carboxylic acids is 1. The number of piperidine rings is 1. The third-order valence-corrected chi connectivity index (χ3v) is 6.46. The zero-order chi connectivity index (χ0) is 18.9. The van der Waals surface area contributed by atoms with E-state index in [0.29, 0.717) is 17.5 Å². The van der Waals surface area contributed by atoms with E-state index in [0.717, 1.165) is 50.6 Å². The van der Waals surface area contributed by atoms with Crippen LogP contribution in [0.1, 0.15) is 67.0 Å². The van der Waals surface area contributed by atoms with Gasteiger partial charge in [-0.15, -0.1) is 0 Å². The van der Waals surface area contributed by atoms with E-state index in [2.05, 4.69) is 26.0 Å². The first-order valence-corrected chi connectivity index (χ1v) is 10.8. The molecule has 2 aromatic rings. The lowest BCUT2D eigenvalue weighted by Gasteiger charge is -2.34. The van der Waals surface area contributed by atoms with Crippen molar-refractivity contribution in [2.75, 3.05) is 18.0 Å². The van der Waals surface area contributed by atoms with Crippen LogP contribution in [-0.4, -0.2) is 39.6 Å². The van der Waals surface area contributed by atoms with Crippen molar-refractivity contribution in [1.29, 1.82) is 0 Å². The lowest BCUT2D eigenvalue weighted by atomic mass is 9.85. The Hall–Kier alpha value is -2.37. The fraction of sp³-hybridized carbons (Fsp3) is 0.591. The predicted octanol–water partition coefficient (Wildman–Crippen LogP) is 3.35. The van der Waals surface area contributed by atoms with Gasteiger partial charge in [0.15, 0.2) is 0 Å². The molecule has 3 fully saturated rings. The third kappa shape index (κ3) is 3.77. The van der Waals surface area contributed by atoms with E-state index in [1.807, 2.05) is 18.3 Å². The van der Waals surface area contributed by atoms with Crippen molar-refractivity contribution in [3.05, 3.63) is 42.1 Å². The van der Waals surface area contributed by atoms with E-state index in [-0.39, 0.29) is 5.91 Å². The van der Waals surface area contributed by atoms with E-state index in [4.69, 9.17) is 4.98 Å². The molecule has 0 radical (unpaired) electrons. The molecule has 28 heavy (non-hydrogen) atoms. The van der Waals surface area contributed by atoms with Crippen LogP contribution >= 0.6 is 0 Å². The Bertz CT molecular complexity index is 839. The van der Waals surface area contributed by atoms with Gasteiger partial charge in [0.1, 0.15) is 11.6 Å². The number of nitrogens with zero attached hydrogens (tertiary/aromatic N) is 4. The Kier molecular flexibility index (Phi) is 4.79. The van der Waals surface area contributed by atoms with Crippen LogP contribution in [0.5, 0.6) is 0 Å². The molecule has 2 aromatic heterocycles. The molecule has 1 unspecified atom stereocenters. The van der Waals surface area contributed by atoms with Gasteiger partial charge < -0.3 is 14.8 Å². The first-order valence-electron chi connectivity index (χ1n) is 10.8. The van der Waals surface area contributed by atoms with Gasteiger partial charge in [0.05, 0.1) is 0 Å². The number of aromatic nitrogens is 3. The molecule has 1 N–H and O–H groups in total. The van der Waals surface area contributed by atoms with Crippen LogP contribution in [0.4, 0.5) is 5.82 Å². The first-order chi connectivity index (χ1) is 13.8.